The largest absolute Gasteiger partial charge is 0.288 e. The number of carbonyl (C=O) groups is 1. The third-order valence-corrected chi connectivity index (χ3v) is 4.59. The maximum atomic E-state index is 12.7. The molecule has 0 radical (unpaired) electrons. The Bertz CT molecular complexity index is 408. The number of hydrogen-bond donors (Lipinski definition) is 0. The standard InChI is InChI=1S/C11H10ClFOS2/c1-15-11(16-2)9(12)10(14)7-3-5-8(13)6-4-7/h3-6H,1-2H3. The summed E-state index contributed by atoms with van der Waals surface area (Å²) in [7, 11) is 0. The molecule has 1 nitrogen and oxygen atoms in total. The number of halogens is 2. The van der Waals surface area contributed by atoms with Gasteiger partial charge < -0.3 is 0 Å². The molecule has 0 saturated heterocycles. The van der Waals surface area contributed by atoms with Crippen LogP contribution in [0.15, 0.2) is 33.5 Å². The van der Waals surface area contributed by atoms with Crippen LogP contribution < -0.4 is 0 Å². The van der Waals surface area contributed by atoms with E-state index in [1.165, 1.54) is 47.8 Å². The highest BCUT2D eigenvalue weighted by Crippen LogP contribution is 2.31. The Morgan fingerprint density at radius 3 is 2.12 bits per heavy atom. The van der Waals surface area contributed by atoms with Crippen LogP contribution in [0.3, 0.4) is 0 Å². The van der Waals surface area contributed by atoms with Gasteiger partial charge in [-0.1, -0.05) is 11.6 Å². The first-order chi connectivity index (χ1) is 7.60. The number of benzene rings is 1. The zero-order valence-electron chi connectivity index (χ0n) is 8.79. The summed E-state index contributed by atoms with van der Waals surface area (Å²) in [4.78, 5) is 11.9. The fraction of sp³-hybridized carbons (Fsp3) is 0.182. The molecule has 0 saturated carbocycles. The van der Waals surface area contributed by atoms with Crippen molar-refractivity contribution in [2.45, 2.75) is 0 Å². The number of hydrogen-bond acceptors (Lipinski definition) is 3. The third-order valence-electron chi connectivity index (χ3n) is 1.86. The molecule has 0 fully saturated rings. The first-order valence-corrected chi connectivity index (χ1v) is 7.21. The van der Waals surface area contributed by atoms with Crippen LogP contribution in [-0.4, -0.2) is 18.3 Å². The highest BCUT2D eigenvalue weighted by Gasteiger charge is 2.14. The molecule has 16 heavy (non-hydrogen) atoms. The zero-order valence-corrected chi connectivity index (χ0v) is 11.2. The van der Waals surface area contributed by atoms with Crippen molar-refractivity contribution in [1.82, 2.24) is 0 Å². The van der Waals surface area contributed by atoms with Crippen molar-refractivity contribution < 1.29 is 9.18 Å². The molecule has 1 aromatic carbocycles. The molecule has 0 aliphatic carbocycles. The predicted octanol–water partition coefficient (Wildman–Crippen LogP) is 4.14. The highest BCUT2D eigenvalue weighted by atomic mass is 35.5. The molecule has 0 amide bonds. The van der Waals surface area contributed by atoms with Gasteiger partial charge in [-0.2, -0.15) is 0 Å². The summed E-state index contributed by atoms with van der Waals surface area (Å²) in [6.07, 6.45) is 3.71. The van der Waals surface area contributed by atoms with E-state index in [-0.39, 0.29) is 16.6 Å². The van der Waals surface area contributed by atoms with E-state index in [0.717, 1.165) is 4.24 Å². The van der Waals surface area contributed by atoms with Crippen molar-refractivity contribution in [3.05, 3.63) is 44.9 Å². The number of allylic oxidation sites excluding steroid dienone is 1. The summed E-state index contributed by atoms with van der Waals surface area (Å²) in [5.74, 6) is -0.646. The fourth-order valence-electron chi connectivity index (χ4n) is 1.08. The molecule has 0 N–H and O–H groups in total. The summed E-state index contributed by atoms with van der Waals surface area (Å²) in [5.41, 5.74) is 0.395. The Morgan fingerprint density at radius 2 is 1.69 bits per heavy atom. The van der Waals surface area contributed by atoms with Crippen molar-refractivity contribution in [1.29, 1.82) is 0 Å². The lowest BCUT2D eigenvalue weighted by molar-refractivity contribution is 0.104. The van der Waals surface area contributed by atoms with E-state index in [1.807, 2.05) is 12.5 Å². The molecule has 0 spiro atoms. The second-order valence-corrected chi connectivity index (χ2v) is 5.12. The molecular formula is C11H10ClFOS2. The first-order valence-electron chi connectivity index (χ1n) is 4.38. The number of thioether (sulfide) groups is 2. The van der Waals surface area contributed by atoms with Crippen LogP contribution >= 0.6 is 35.1 Å². The normalized spacial score (nSPS) is 10.0. The summed E-state index contributed by atoms with van der Waals surface area (Å²) < 4.78 is 13.4. The molecule has 0 unspecified atom stereocenters. The van der Waals surface area contributed by atoms with Crippen molar-refractivity contribution >= 4 is 40.9 Å². The van der Waals surface area contributed by atoms with E-state index in [1.54, 1.807) is 0 Å². The minimum absolute atomic E-state index is 0.187. The minimum atomic E-state index is -0.369. The lowest BCUT2D eigenvalue weighted by Gasteiger charge is -2.04. The van der Waals surface area contributed by atoms with Gasteiger partial charge >= 0.3 is 0 Å². The number of Topliss-reactive ketones (excluding diaryl/α,β-unsaturated/α-hetero) is 1. The summed E-state index contributed by atoms with van der Waals surface area (Å²) in [6, 6.07) is 5.35. The number of carbonyl (C=O) groups excluding carboxylic acids is 1. The molecular weight excluding hydrogens is 267 g/mol. The number of ketones is 1. The molecule has 0 aliphatic heterocycles. The van der Waals surface area contributed by atoms with Crippen molar-refractivity contribution in [2.24, 2.45) is 0 Å². The maximum absolute atomic E-state index is 12.7. The molecule has 0 atom stereocenters. The van der Waals surface area contributed by atoms with Crippen molar-refractivity contribution in [3.63, 3.8) is 0 Å². The van der Waals surface area contributed by atoms with E-state index in [4.69, 9.17) is 11.6 Å². The molecule has 1 rings (SSSR count). The summed E-state index contributed by atoms with van der Waals surface area (Å²) >= 11 is 8.81. The van der Waals surface area contributed by atoms with E-state index < -0.39 is 0 Å². The minimum Gasteiger partial charge on any atom is -0.288 e. The third kappa shape index (κ3) is 3.27. The van der Waals surface area contributed by atoms with Gasteiger partial charge in [0.15, 0.2) is 0 Å². The molecule has 0 bridgehead atoms. The maximum Gasteiger partial charge on any atom is 0.206 e. The zero-order chi connectivity index (χ0) is 12.1. The molecule has 86 valence electrons. The molecule has 0 aliphatic rings. The highest BCUT2D eigenvalue weighted by molar-refractivity contribution is 8.21. The van der Waals surface area contributed by atoms with Crippen LogP contribution in [0, 0.1) is 5.82 Å². The van der Waals surface area contributed by atoms with Gasteiger partial charge in [0, 0.05) is 5.56 Å². The van der Waals surface area contributed by atoms with Gasteiger partial charge in [-0.05, 0) is 36.8 Å². The Morgan fingerprint density at radius 1 is 1.19 bits per heavy atom. The Balaban J connectivity index is 3.02. The second-order valence-electron chi connectivity index (χ2n) is 2.85. The van der Waals surface area contributed by atoms with Crippen LogP contribution in [0.25, 0.3) is 0 Å². The van der Waals surface area contributed by atoms with Crippen LogP contribution in [0.5, 0.6) is 0 Å². The van der Waals surface area contributed by atoms with Crippen molar-refractivity contribution in [3.8, 4) is 0 Å². The smallest absolute Gasteiger partial charge is 0.206 e. The monoisotopic (exact) mass is 276 g/mol. The predicted molar refractivity (Wildman–Crippen MR) is 70.6 cm³/mol. The average Bonchev–Trinajstić information content (AvgIpc) is 2.30. The van der Waals surface area contributed by atoms with Gasteiger partial charge in [-0.25, -0.2) is 4.39 Å². The lowest BCUT2D eigenvalue weighted by atomic mass is 10.1. The number of rotatable bonds is 4. The summed E-state index contributed by atoms with van der Waals surface area (Å²) in [6.45, 7) is 0. The fourth-order valence-corrected chi connectivity index (χ4v) is 2.87. The van der Waals surface area contributed by atoms with E-state index in [2.05, 4.69) is 0 Å². The van der Waals surface area contributed by atoms with Crippen LogP contribution in [0.1, 0.15) is 10.4 Å². The van der Waals surface area contributed by atoms with E-state index >= 15 is 0 Å². The molecule has 0 aromatic heterocycles. The Labute approximate surface area is 107 Å². The van der Waals surface area contributed by atoms with Crippen molar-refractivity contribution in [2.75, 3.05) is 12.5 Å². The van der Waals surface area contributed by atoms with Crippen LogP contribution in [0.2, 0.25) is 0 Å². The molecule has 1 aromatic rings. The topological polar surface area (TPSA) is 17.1 Å². The van der Waals surface area contributed by atoms with Gasteiger partial charge in [0.25, 0.3) is 0 Å². The lowest BCUT2D eigenvalue weighted by Crippen LogP contribution is -2.00. The second kappa shape index (κ2) is 6.33. The van der Waals surface area contributed by atoms with Gasteiger partial charge in [-0.15, -0.1) is 23.5 Å². The van der Waals surface area contributed by atoms with Crippen LogP contribution in [-0.2, 0) is 0 Å². The quantitative estimate of drug-likeness (QED) is 0.608. The van der Waals surface area contributed by atoms with Gasteiger partial charge in [-0.3, -0.25) is 4.79 Å². The molecule has 0 heterocycles. The molecule has 5 heteroatoms. The van der Waals surface area contributed by atoms with Gasteiger partial charge in [0.2, 0.25) is 5.78 Å². The SMILES string of the molecule is CSC(SC)=C(Cl)C(=O)c1ccc(F)cc1. The Hall–Kier alpha value is -0.450. The van der Waals surface area contributed by atoms with Gasteiger partial charge in [0.1, 0.15) is 10.8 Å². The van der Waals surface area contributed by atoms with Gasteiger partial charge in [0.05, 0.1) is 4.24 Å². The van der Waals surface area contributed by atoms with E-state index in [9.17, 15) is 9.18 Å². The first kappa shape index (κ1) is 13.6. The summed E-state index contributed by atoms with van der Waals surface area (Å²) in [5, 5.41) is 0.187. The van der Waals surface area contributed by atoms with Crippen LogP contribution in [0.4, 0.5) is 4.39 Å². The Kier molecular flexibility index (Phi) is 5.38. The average molecular weight is 277 g/mol. The van der Waals surface area contributed by atoms with E-state index in [0.29, 0.717) is 5.56 Å².